The molecule has 0 radical (unpaired) electrons. The molecule has 2 amide bonds. The molecule has 1 aliphatic rings. The van der Waals surface area contributed by atoms with Crippen molar-refractivity contribution in [3.05, 3.63) is 65.3 Å². The van der Waals surface area contributed by atoms with Crippen molar-refractivity contribution in [1.29, 1.82) is 0 Å². The van der Waals surface area contributed by atoms with Gasteiger partial charge in [0.25, 0.3) is 0 Å². The Morgan fingerprint density at radius 1 is 1.07 bits per heavy atom. The molecule has 27 heavy (non-hydrogen) atoms. The zero-order valence-corrected chi connectivity index (χ0v) is 15.9. The lowest BCUT2D eigenvalue weighted by molar-refractivity contribution is 0.208. The molecule has 1 aromatic heterocycles. The summed E-state index contributed by atoms with van der Waals surface area (Å²) in [6.45, 7) is 4.88. The molecule has 0 atom stereocenters. The minimum absolute atomic E-state index is 0.0882. The first-order chi connectivity index (χ1) is 13.1. The van der Waals surface area contributed by atoms with Gasteiger partial charge in [0.1, 0.15) is 0 Å². The number of rotatable bonds is 2. The normalized spacial score (nSPS) is 14.4. The first-order valence-electron chi connectivity index (χ1n) is 9.02. The van der Waals surface area contributed by atoms with E-state index in [2.05, 4.69) is 21.3 Å². The van der Waals surface area contributed by atoms with Crippen LogP contribution in [0.2, 0.25) is 5.02 Å². The number of aryl methyl sites for hydroxylation is 1. The zero-order valence-electron chi connectivity index (χ0n) is 15.2. The molecule has 1 aliphatic heterocycles. The van der Waals surface area contributed by atoms with E-state index in [0.717, 1.165) is 46.0 Å². The van der Waals surface area contributed by atoms with Crippen LogP contribution in [0.1, 0.15) is 5.56 Å². The smallest absolute Gasteiger partial charge is 0.322 e. The highest BCUT2D eigenvalue weighted by Gasteiger charge is 2.22. The van der Waals surface area contributed by atoms with Crippen LogP contribution in [-0.2, 0) is 0 Å². The van der Waals surface area contributed by atoms with E-state index in [1.165, 1.54) is 0 Å². The highest BCUT2D eigenvalue weighted by atomic mass is 35.5. The van der Waals surface area contributed by atoms with Crippen molar-refractivity contribution in [2.45, 2.75) is 6.92 Å². The predicted molar refractivity (Wildman–Crippen MR) is 111 cm³/mol. The van der Waals surface area contributed by atoms with Gasteiger partial charge in [-0.3, -0.25) is 4.98 Å². The molecule has 4 rings (SSSR count). The van der Waals surface area contributed by atoms with Crippen LogP contribution in [0.25, 0.3) is 10.9 Å². The second-order valence-electron chi connectivity index (χ2n) is 6.72. The van der Waals surface area contributed by atoms with Gasteiger partial charge in [0.2, 0.25) is 0 Å². The molecule has 3 aromatic rings. The summed E-state index contributed by atoms with van der Waals surface area (Å²) in [5, 5.41) is 4.80. The third kappa shape index (κ3) is 3.69. The number of benzene rings is 2. The van der Waals surface area contributed by atoms with Crippen molar-refractivity contribution >= 4 is 39.9 Å². The molecule has 0 aliphatic carbocycles. The number of piperazine rings is 1. The number of nitrogens with zero attached hydrogens (tertiary/aromatic N) is 3. The Balaban J connectivity index is 1.42. The lowest BCUT2D eigenvalue weighted by Gasteiger charge is -2.36. The monoisotopic (exact) mass is 380 g/mol. The molecule has 1 N–H and O–H groups in total. The number of carbonyl (C=O) groups is 1. The Kier molecular flexibility index (Phi) is 4.86. The minimum atomic E-state index is -0.0882. The van der Waals surface area contributed by atoms with E-state index >= 15 is 0 Å². The zero-order chi connectivity index (χ0) is 18.8. The number of hydrogen-bond donors (Lipinski definition) is 1. The van der Waals surface area contributed by atoms with Gasteiger partial charge in [-0.25, -0.2) is 4.79 Å². The second-order valence-corrected chi connectivity index (χ2v) is 7.13. The first kappa shape index (κ1) is 17.6. The van der Waals surface area contributed by atoms with Gasteiger partial charge < -0.3 is 15.1 Å². The number of urea groups is 1. The maximum Gasteiger partial charge on any atom is 0.322 e. The van der Waals surface area contributed by atoms with Crippen LogP contribution in [-0.4, -0.2) is 42.1 Å². The van der Waals surface area contributed by atoms with E-state index in [4.69, 9.17) is 11.6 Å². The van der Waals surface area contributed by atoms with Crippen LogP contribution in [0.5, 0.6) is 0 Å². The number of carbonyl (C=O) groups excluding carboxylic acids is 1. The van der Waals surface area contributed by atoms with Crippen molar-refractivity contribution < 1.29 is 4.79 Å². The molecule has 1 fully saturated rings. The molecule has 2 aromatic carbocycles. The molecule has 0 bridgehead atoms. The molecule has 138 valence electrons. The Morgan fingerprint density at radius 3 is 2.63 bits per heavy atom. The number of pyridine rings is 1. The van der Waals surface area contributed by atoms with E-state index in [1.807, 2.05) is 54.3 Å². The first-order valence-corrected chi connectivity index (χ1v) is 9.40. The average molecular weight is 381 g/mol. The number of hydrogen-bond acceptors (Lipinski definition) is 3. The van der Waals surface area contributed by atoms with E-state index in [0.29, 0.717) is 13.1 Å². The standard InChI is InChI=1S/C21H21ClN4O/c1-15-7-8-17(14-18(15)22)25-10-12-26(13-11-25)21(27)24-19-6-2-4-16-5-3-9-23-20(16)19/h2-9,14H,10-13H2,1H3,(H,24,27). The summed E-state index contributed by atoms with van der Waals surface area (Å²) in [6.07, 6.45) is 1.74. The summed E-state index contributed by atoms with van der Waals surface area (Å²) in [7, 11) is 0. The maximum atomic E-state index is 12.7. The lowest BCUT2D eigenvalue weighted by Crippen LogP contribution is -2.50. The number of aromatic nitrogens is 1. The number of fused-ring (bicyclic) bond motifs is 1. The Bertz CT molecular complexity index is 978. The summed E-state index contributed by atoms with van der Waals surface area (Å²) >= 11 is 6.24. The molecule has 6 heteroatoms. The third-order valence-electron chi connectivity index (χ3n) is 4.96. The van der Waals surface area contributed by atoms with Gasteiger partial charge in [0.15, 0.2) is 0 Å². The quantitative estimate of drug-likeness (QED) is 0.709. The van der Waals surface area contributed by atoms with Crippen molar-refractivity contribution in [2.75, 3.05) is 36.4 Å². The van der Waals surface area contributed by atoms with Gasteiger partial charge in [-0.2, -0.15) is 0 Å². The average Bonchev–Trinajstić information content (AvgIpc) is 2.70. The van der Waals surface area contributed by atoms with Crippen LogP contribution in [0.4, 0.5) is 16.2 Å². The fourth-order valence-corrected chi connectivity index (χ4v) is 3.52. The summed E-state index contributed by atoms with van der Waals surface area (Å²) in [5.41, 5.74) is 3.72. The summed E-state index contributed by atoms with van der Waals surface area (Å²) in [6, 6.07) is 15.7. The Labute approximate surface area is 163 Å². The topological polar surface area (TPSA) is 48.5 Å². The van der Waals surface area contributed by atoms with Crippen LogP contribution in [0.15, 0.2) is 54.7 Å². The maximum absolute atomic E-state index is 12.7. The number of amides is 2. The fraction of sp³-hybridized carbons (Fsp3) is 0.238. The van der Waals surface area contributed by atoms with Gasteiger partial charge in [0, 0.05) is 48.5 Å². The molecule has 0 saturated carbocycles. The summed E-state index contributed by atoms with van der Waals surface area (Å²) < 4.78 is 0. The van der Waals surface area contributed by atoms with Gasteiger partial charge in [-0.05, 0) is 36.8 Å². The Hall–Kier alpha value is -2.79. The van der Waals surface area contributed by atoms with E-state index in [1.54, 1.807) is 6.20 Å². The molecule has 5 nitrogen and oxygen atoms in total. The Morgan fingerprint density at radius 2 is 1.85 bits per heavy atom. The van der Waals surface area contributed by atoms with Crippen LogP contribution < -0.4 is 10.2 Å². The number of para-hydroxylation sites is 1. The van der Waals surface area contributed by atoms with Crippen LogP contribution in [0, 0.1) is 6.92 Å². The molecule has 1 saturated heterocycles. The van der Waals surface area contributed by atoms with Crippen LogP contribution >= 0.6 is 11.6 Å². The SMILES string of the molecule is Cc1ccc(N2CCN(C(=O)Nc3cccc4cccnc34)CC2)cc1Cl. The van der Waals surface area contributed by atoms with E-state index in [-0.39, 0.29) is 6.03 Å². The fourth-order valence-electron chi connectivity index (χ4n) is 3.35. The number of anilines is 2. The van der Waals surface area contributed by atoms with Crippen molar-refractivity contribution in [3.8, 4) is 0 Å². The van der Waals surface area contributed by atoms with Gasteiger partial charge in [-0.15, -0.1) is 0 Å². The van der Waals surface area contributed by atoms with Crippen molar-refractivity contribution in [1.82, 2.24) is 9.88 Å². The summed E-state index contributed by atoms with van der Waals surface area (Å²) in [5.74, 6) is 0. The van der Waals surface area contributed by atoms with Crippen molar-refractivity contribution in [3.63, 3.8) is 0 Å². The number of halogens is 1. The second kappa shape index (κ2) is 7.45. The predicted octanol–water partition coefficient (Wildman–Crippen LogP) is 4.55. The molecular weight excluding hydrogens is 360 g/mol. The van der Waals surface area contributed by atoms with Gasteiger partial charge >= 0.3 is 6.03 Å². The van der Waals surface area contributed by atoms with E-state index in [9.17, 15) is 4.79 Å². The lowest BCUT2D eigenvalue weighted by atomic mass is 10.2. The highest BCUT2D eigenvalue weighted by Crippen LogP contribution is 2.25. The number of nitrogens with one attached hydrogen (secondary N) is 1. The molecule has 2 heterocycles. The van der Waals surface area contributed by atoms with E-state index < -0.39 is 0 Å². The summed E-state index contributed by atoms with van der Waals surface area (Å²) in [4.78, 5) is 21.2. The minimum Gasteiger partial charge on any atom is -0.368 e. The van der Waals surface area contributed by atoms with Gasteiger partial charge in [-0.1, -0.05) is 35.9 Å². The van der Waals surface area contributed by atoms with Crippen molar-refractivity contribution in [2.24, 2.45) is 0 Å². The third-order valence-corrected chi connectivity index (χ3v) is 5.37. The molecule has 0 spiro atoms. The molecule has 0 unspecified atom stereocenters. The van der Waals surface area contributed by atoms with Gasteiger partial charge in [0.05, 0.1) is 11.2 Å². The molecular formula is C21H21ClN4O. The highest BCUT2D eigenvalue weighted by molar-refractivity contribution is 6.31. The van der Waals surface area contributed by atoms with Crippen LogP contribution in [0.3, 0.4) is 0 Å². The largest absolute Gasteiger partial charge is 0.368 e.